The number of carboxylic acid groups (broad SMARTS) is 1. The van der Waals surface area contributed by atoms with Crippen molar-refractivity contribution in [2.24, 2.45) is 0 Å². The Kier molecular flexibility index (Phi) is 2.93. The number of hydrogen-bond donors (Lipinski definition) is 2. The number of carbonyl (C=O) groups is 1. The van der Waals surface area contributed by atoms with Gasteiger partial charge in [-0.15, -0.1) is 11.8 Å². The average Bonchev–Trinajstić information content (AvgIpc) is 2.87. The number of nitrogens with zero attached hydrogens (tertiary/aromatic N) is 1. The fourth-order valence-electron chi connectivity index (χ4n) is 2.14. The number of aliphatic carboxylic acids is 1. The summed E-state index contributed by atoms with van der Waals surface area (Å²) in [6, 6.07) is 7.55. The SMILES string of the molecule is O=C(O)[C@@H]1CSC(c2cncc3ccccc23)N1. The minimum atomic E-state index is -0.793. The Labute approximate surface area is 108 Å². The van der Waals surface area contributed by atoms with Crippen LogP contribution in [0.4, 0.5) is 0 Å². The molecule has 3 rings (SSSR count). The van der Waals surface area contributed by atoms with Crippen molar-refractivity contribution < 1.29 is 9.90 Å². The lowest BCUT2D eigenvalue weighted by molar-refractivity contribution is -0.138. The van der Waals surface area contributed by atoms with Gasteiger partial charge in [0, 0.05) is 29.1 Å². The predicted molar refractivity (Wildman–Crippen MR) is 71.5 cm³/mol. The number of benzene rings is 1. The molecule has 0 radical (unpaired) electrons. The van der Waals surface area contributed by atoms with Crippen LogP contribution in [0.2, 0.25) is 0 Å². The first-order valence-corrected chi connectivity index (χ1v) is 6.73. The highest BCUT2D eigenvalue weighted by Gasteiger charge is 2.31. The van der Waals surface area contributed by atoms with Gasteiger partial charge in [0.1, 0.15) is 6.04 Å². The summed E-state index contributed by atoms with van der Waals surface area (Å²) in [5, 5.41) is 14.3. The smallest absolute Gasteiger partial charge is 0.321 e. The molecule has 1 unspecified atom stereocenters. The van der Waals surface area contributed by atoms with Crippen LogP contribution in [0, 0.1) is 0 Å². The summed E-state index contributed by atoms with van der Waals surface area (Å²) in [4.78, 5) is 15.2. The summed E-state index contributed by atoms with van der Waals surface area (Å²) in [6.07, 6.45) is 3.64. The lowest BCUT2D eigenvalue weighted by Gasteiger charge is -2.13. The molecule has 1 aromatic heterocycles. The highest BCUT2D eigenvalue weighted by atomic mass is 32.2. The van der Waals surface area contributed by atoms with E-state index in [1.165, 1.54) is 0 Å². The van der Waals surface area contributed by atoms with Crippen molar-refractivity contribution in [2.75, 3.05) is 5.75 Å². The molecule has 18 heavy (non-hydrogen) atoms. The summed E-state index contributed by atoms with van der Waals surface area (Å²) in [5.41, 5.74) is 1.06. The molecule has 1 aliphatic heterocycles. The van der Waals surface area contributed by atoms with E-state index in [4.69, 9.17) is 5.11 Å². The van der Waals surface area contributed by atoms with Crippen LogP contribution in [0.1, 0.15) is 10.9 Å². The fourth-order valence-corrected chi connectivity index (χ4v) is 3.39. The molecule has 2 N–H and O–H groups in total. The van der Waals surface area contributed by atoms with Gasteiger partial charge < -0.3 is 5.11 Å². The van der Waals surface area contributed by atoms with Crippen molar-refractivity contribution in [2.45, 2.75) is 11.4 Å². The maximum absolute atomic E-state index is 11.0. The molecule has 2 aromatic rings. The fraction of sp³-hybridized carbons (Fsp3) is 0.231. The van der Waals surface area contributed by atoms with Gasteiger partial charge in [0.25, 0.3) is 0 Å². The zero-order valence-electron chi connectivity index (χ0n) is 9.54. The van der Waals surface area contributed by atoms with E-state index in [9.17, 15) is 4.79 Å². The normalized spacial score (nSPS) is 23.3. The van der Waals surface area contributed by atoms with Crippen molar-refractivity contribution >= 4 is 28.5 Å². The molecule has 2 atom stereocenters. The average molecular weight is 260 g/mol. The molecule has 0 aliphatic carbocycles. The van der Waals surface area contributed by atoms with Gasteiger partial charge >= 0.3 is 5.97 Å². The van der Waals surface area contributed by atoms with E-state index < -0.39 is 12.0 Å². The van der Waals surface area contributed by atoms with Gasteiger partial charge in [-0.05, 0) is 5.39 Å². The first-order valence-electron chi connectivity index (χ1n) is 5.69. The molecule has 1 saturated heterocycles. The van der Waals surface area contributed by atoms with Crippen molar-refractivity contribution in [3.05, 3.63) is 42.2 Å². The van der Waals surface area contributed by atoms with E-state index in [-0.39, 0.29) is 5.37 Å². The highest BCUT2D eigenvalue weighted by molar-refractivity contribution is 7.99. The van der Waals surface area contributed by atoms with Gasteiger partial charge in [0.15, 0.2) is 0 Å². The van der Waals surface area contributed by atoms with E-state index in [0.717, 1.165) is 16.3 Å². The monoisotopic (exact) mass is 260 g/mol. The second-order valence-corrected chi connectivity index (χ2v) is 5.36. The lowest BCUT2D eigenvalue weighted by atomic mass is 10.1. The predicted octanol–water partition coefficient (Wildman–Crippen LogP) is 2.02. The second kappa shape index (κ2) is 4.59. The first-order chi connectivity index (χ1) is 8.75. The van der Waals surface area contributed by atoms with Crippen LogP contribution in [-0.2, 0) is 4.79 Å². The molecule has 0 spiro atoms. The van der Waals surface area contributed by atoms with Crippen LogP contribution < -0.4 is 5.32 Å². The van der Waals surface area contributed by atoms with Crippen molar-refractivity contribution in [3.8, 4) is 0 Å². The van der Waals surface area contributed by atoms with Gasteiger partial charge in [-0.2, -0.15) is 0 Å². The standard InChI is InChI=1S/C13H12N2O2S/c16-13(17)11-7-18-12(15-11)10-6-14-5-8-3-1-2-4-9(8)10/h1-6,11-12,15H,7H2,(H,16,17)/t11-,12?/m0/s1. The summed E-state index contributed by atoms with van der Waals surface area (Å²) >= 11 is 1.61. The number of hydrogen-bond acceptors (Lipinski definition) is 4. The van der Waals surface area contributed by atoms with E-state index in [1.54, 1.807) is 11.8 Å². The van der Waals surface area contributed by atoms with E-state index in [2.05, 4.69) is 10.3 Å². The largest absolute Gasteiger partial charge is 0.480 e. The number of nitrogens with one attached hydrogen (secondary N) is 1. The number of fused-ring (bicyclic) bond motifs is 1. The second-order valence-electron chi connectivity index (χ2n) is 4.22. The third-order valence-corrected chi connectivity index (χ3v) is 4.31. The zero-order valence-corrected chi connectivity index (χ0v) is 10.4. The number of aromatic nitrogens is 1. The minimum absolute atomic E-state index is 0.00435. The van der Waals surface area contributed by atoms with Gasteiger partial charge in [0.2, 0.25) is 0 Å². The summed E-state index contributed by atoms with van der Waals surface area (Å²) < 4.78 is 0. The Morgan fingerprint density at radius 3 is 3.00 bits per heavy atom. The summed E-state index contributed by atoms with van der Waals surface area (Å²) in [6.45, 7) is 0. The number of thioether (sulfide) groups is 1. The molecule has 0 amide bonds. The Balaban J connectivity index is 1.98. The summed E-state index contributed by atoms with van der Waals surface area (Å²) in [7, 11) is 0. The van der Waals surface area contributed by atoms with E-state index in [0.29, 0.717) is 5.75 Å². The van der Waals surface area contributed by atoms with Crippen molar-refractivity contribution in [3.63, 3.8) is 0 Å². The van der Waals surface area contributed by atoms with Crippen LogP contribution in [0.15, 0.2) is 36.7 Å². The van der Waals surface area contributed by atoms with Crippen LogP contribution in [0.3, 0.4) is 0 Å². The molecular weight excluding hydrogens is 248 g/mol. The van der Waals surface area contributed by atoms with Crippen LogP contribution in [-0.4, -0.2) is 27.9 Å². The molecule has 0 bridgehead atoms. The minimum Gasteiger partial charge on any atom is -0.480 e. The quantitative estimate of drug-likeness (QED) is 0.865. The Bertz CT molecular complexity index is 597. The Hall–Kier alpha value is -1.59. The molecule has 1 aromatic carbocycles. The van der Waals surface area contributed by atoms with Crippen LogP contribution >= 0.6 is 11.8 Å². The van der Waals surface area contributed by atoms with Crippen molar-refractivity contribution in [1.29, 1.82) is 0 Å². The third-order valence-electron chi connectivity index (χ3n) is 3.06. The Morgan fingerprint density at radius 1 is 1.39 bits per heavy atom. The Morgan fingerprint density at radius 2 is 2.22 bits per heavy atom. The lowest BCUT2D eigenvalue weighted by Crippen LogP contribution is -2.33. The molecule has 5 heteroatoms. The van der Waals surface area contributed by atoms with Gasteiger partial charge in [0.05, 0.1) is 5.37 Å². The molecule has 1 fully saturated rings. The number of pyridine rings is 1. The van der Waals surface area contributed by atoms with E-state index in [1.807, 2.05) is 36.7 Å². The van der Waals surface area contributed by atoms with E-state index >= 15 is 0 Å². The van der Waals surface area contributed by atoms with Gasteiger partial charge in [-0.3, -0.25) is 15.1 Å². The zero-order chi connectivity index (χ0) is 12.5. The van der Waals surface area contributed by atoms with Gasteiger partial charge in [-0.1, -0.05) is 24.3 Å². The van der Waals surface area contributed by atoms with Gasteiger partial charge in [-0.25, -0.2) is 0 Å². The molecular formula is C13H12N2O2S. The van der Waals surface area contributed by atoms with Crippen LogP contribution in [0.25, 0.3) is 10.8 Å². The maximum atomic E-state index is 11.0. The molecule has 2 heterocycles. The molecule has 92 valence electrons. The number of carboxylic acids is 1. The molecule has 0 saturated carbocycles. The number of rotatable bonds is 2. The third kappa shape index (κ3) is 1.95. The van der Waals surface area contributed by atoms with Crippen molar-refractivity contribution in [1.82, 2.24) is 10.3 Å². The highest BCUT2D eigenvalue weighted by Crippen LogP contribution is 2.35. The maximum Gasteiger partial charge on any atom is 0.321 e. The topological polar surface area (TPSA) is 62.2 Å². The molecule has 4 nitrogen and oxygen atoms in total. The summed E-state index contributed by atoms with van der Waals surface area (Å²) in [5.74, 6) is -0.207. The molecule has 1 aliphatic rings. The first kappa shape index (κ1) is 11.5. The van der Waals surface area contributed by atoms with Crippen LogP contribution in [0.5, 0.6) is 0 Å².